The zero-order valence-electron chi connectivity index (χ0n) is 9.24. The molecule has 16 heavy (non-hydrogen) atoms. The maximum atomic E-state index is 8.81. The number of nitrogens with one attached hydrogen (secondary N) is 1. The van der Waals surface area contributed by atoms with E-state index in [1.807, 2.05) is 24.3 Å². The molecule has 1 aromatic carbocycles. The van der Waals surface area contributed by atoms with E-state index in [2.05, 4.69) is 11.0 Å². The second-order valence-corrected chi connectivity index (χ2v) is 4.14. The highest BCUT2D eigenvalue weighted by molar-refractivity contribution is 5.79. The molecular formula is C13H15N3. The normalized spacial score (nSPS) is 15.9. The molecule has 0 unspecified atom stereocenters. The summed E-state index contributed by atoms with van der Waals surface area (Å²) in [5.41, 5.74) is 1.81. The van der Waals surface area contributed by atoms with Crippen LogP contribution in [0.4, 0.5) is 0 Å². The fourth-order valence-corrected chi connectivity index (χ4v) is 2.02. The number of hydrogen-bond acceptors (Lipinski definition) is 2. The lowest BCUT2D eigenvalue weighted by molar-refractivity contribution is 0.361. The van der Waals surface area contributed by atoms with Gasteiger partial charge in [-0.2, -0.15) is 5.26 Å². The number of nitrogens with zero attached hydrogens (tertiary/aromatic N) is 2. The van der Waals surface area contributed by atoms with E-state index in [1.165, 1.54) is 6.42 Å². The highest BCUT2D eigenvalue weighted by Crippen LogP contribution is 2.15. The van der Waals surface area contributed by atoms with E-state index in [1.54, 1.807) is 0 Å². The van der Waals surface area contributed by atoms with Crippen LogP contribution in [0, 0.1) is 16.7 Å². The predicted octanol–water partition coefficient (Wildman–Crippen LogP) is 2.52. The number of piperidine rings is 1. The lowest BCUT2D eigenvalue weighted by Gasteiger charge is -2.29. The quantitative estimate of drug-likeness (QED) is 0.820. The number of nitriles is 1. The Morgan fingerprint density at radius 1 is 1.38 bits per heavy atom. The van der Waals surface area contributed by atoms with Gasteiger partial charge in [0.1, 0.15) is 0 Å². The summed E-state index contributed by atoms with van der Waals surface area (Å²) in [6.45, 7) is 1.73. The summed E-state index contributed by atoms with van der Waals surface area (Å²) in [6.07, 6.45) is 3.19. The zero-order chi connectivity index (χ0) is 11.4. The van der Waals surface area contributed by atoms with Gasteiger partial charge in [-0.15, -0.1) is 0 Å². The first kappa shape index (κ1) is 10.7. The second kappa shape index (κ2) is 4.80. The summed E-state index contributed by atoms with van der Waals surface area (Å²) < 4.78 is 0. The summed E-state index contributed by atoms with van der Waals surface area (Å²) in [5, 5.41) is 16.7. The Kier molecular flexibility index (Phi) is 3.21. The van der Waals surface area contributed by atoms with Crippen LogP contribution in [0.2, 0.25) is 0 Å². The van der Waals surface area contributed by atoms with Crippen molar-refractivity contribution in [3.05, 3.63) is 35.4 Å². The molecule has 1 N–H and O–H groups in total. The van der Waals surface area contributed by atoms with Crippen LogP contribution in [-0.4, -0.2) is 17.3 Å². The van der Waals surface area contributed by atoms with Crippen LogP contribution >= 0.6 is 0 Å². The molecule has 0 saturated carbocycles. The Morgan fingerprint density at radius 3 is 3.00 bits per heavy atom. The van der Waals surface area contributed by atoms with Crippen LogP contribution in [0.15, 0.2) is 24.3 Å². The van der Waals surface area contributed by atoms with Gasteiger partial charge in [0.2, 0.25) is 0 Å². The van der Waals surface area contributed by atoms with E-state index in [-0.39, 0.29) is 0 Å². The number of hydrogen-bond donors (Lipinski definition) is 1. The predicted molar refractivity (Wildman–Crippen MR) is 63.1 cm³/mol. The molecule has 0 amide bonds. The summed E-state index contributed by atoms with van der Waals surface area (Å²) in [4.78, 5) is 2.10. The van der Waals surface area contributed by atoms with Crippen LogP contribution < -0.4 is 0 Å². The Labute approximate surface area is 95.8 Å². The molecule has 3 nitrogen and oxygen atoms in total. The Morgan fingerprint density at radius 2 is 2.25 bits per heavy atom. The highest BCUT2D eigenvalue weighted by atomic mass is 15.2. The van der Waals surface area contributed by atoms with Crippen molar-refractivity contribution in [1.29, 1.82) is 10.7 Å². The maximum Gasteiger partial charge on any atom is 0.0991 e. The van der Waals surface area contributed by atoms with Crippen LogP contribution in [0.25, 0.3) is 0 Å². The molecule has 2 rings (SSSR count). The fourth-order valence-electron chi connectivity index (χ4n) is 2.02. The molecule has 1 fully saturated rings. The maximum absolute atomic E-state index is 8.81. The molecule has 0 spiro atoms. The average Bonchev–Trinajstić information content (AvgIpc) is 2.32. The van der Waals surface area contributed by atoms with Crippen molar-refractivity contribution in [3.8, 4) is 6.07 Å². The van der Waals surface area contributed by atoms with E-state index in [4.69, 9.17) is 10.7 Å². The van der Waals surface area contributed by atoms with Crippen molar-refractivity contribution < 1.29 is 0 Å². The first-order chi connectivity index (χ1) is 7.79. The van der Waals surface area contributed by atoms with Gasteiger partial charge in [-0.25, -0.2) is 0 Å². The molecule has 82 valence electrons. The number of rotatable bonds is 2. The molecule has 1 heterocycles. The lowest BCUT2D eigenvalue weighted by Crippen LogP contribution is -2.34. The van der Waals surface area contributed by atoms with Crippen molar-refractivity contribution in [3.63, 3.8) is 0 Å². The first-order valence-corrected chi connectivity index (χ1v) is 5.61. The Hall–Kier alpha value is -1.82. The summed E-state index contributed by atoms with van der Waals surface area (Å²) in [6, 6.07) is 9.78. The molecule has 1 aliphatic rings. The van der Waals surface area contributed by atoms with Crippen LogP contribution in [-0.2, 0) is 6.54 Å². The molecule has 0 bridgehead atoms. The van der Waals surface area contributed by atoms with Gasteiger partial charge in [0, 0.05) is 19.5 Å². The molecule has 1 saturated heterocycles. The third-order valence-electron chi connectivity index (χ3n) is 2.90. The molecule has 1 aliphatic heterocycles. The molecule has 1 aromatic rings. The van der Waals surface area contributed by atoms with Gasteiger partial charge < -0.3 is 4.90 Å². The summed E-state index contributed by atoms with van der Waals surface area (Å²) in [7, 11) is 0. The molecular weight excluding hydrogens is 198 g/mol. The van der Waals surface area contributed by atoms with Crippen LogP contribution in [0.5, 0.6) is 0 Å². The molecule has 0 aliphatic carbocycles. The van der Waals surface area contributed by atoms with Gasteiger partial charge >= 0.3 is 0 Å². The second-order valence-electron chi connectivity index (χ2n) is 4.14. The summed E-state index contributed by atoms with van der Waals surface area (Å²) in [5.74, 6) is 0.730. The van der Waals surface area contributed by atoms with Crippen LogP contribution in [0.3, 0.4) is 0 Å². The molecule has 0 radical (unpaired) electrons. The number of benzene rings is 1. The van der Waals surface area contributed by atoms with Gasteiger partial charge in [0.25, 0.3) is 0 Å². The lowest BCUT2D eigenvalue weighted by atomic mass is 10.1. The van der Waals surface area contributed by atoms with Crippen molar-refractivity contribution in [1.82, 2.24) is 4.90 Å². The van der Waals surface area contributed by atoms with E-state index < -0.39 is 0 Å². The Bertz CT molecular complexity index is 431. The smallest absolute Gasteiger partial charge is 0.0991 e. The minimum atomic E-state index is 0.695. The van der Waals surface area contributed by atoms with E-state index in [0.29, 0.717) is 5.56 Å². The fraction of sp³-hybridized carbons (Fsp3) is 0.385. The van der Waals surface area contributed by atoms with E-state index >= 15 is 0 Å². The van der Waals surface area contributed by atoms with Gasteiger partial charge in [-0.1, -0.05) is 12.1 Å². The van der Waals surface area contributed by atoms with Gasteiger partial charge in [-0.3, -0.25) is 5.41 Å². The topological polar surface area (TPSA) is 50.9 Å². The third kappa shape index (κ3) is 2.40. The molecule has 0 aromatic heterocycles. The summed E-state index contributed by atoms with van der Waals surface area (Å²) >= 11 is 0. The van der Waals surface area contributed by atoms with Gasteiger partial charge in [0.05, 0.1) is 17.5 Å². The van der Waals surface area contributed by atoms with Crippen molar-refractivity contribution in [2.75, 3.05) is 6.54 Å². The minimum absolute atomic E-state index is 0.695. The van der Waals surface area contributed by atoms with Crippen molar-refractivity contribution >= 4 is 5.84 Å². The van der Waals surface area contributed by atoms with Crippen molar-refractivity contribution in [2.24, 2.45) is 0 Å². The van der Waals surface area contributed by atoms with Gasteiger partial charge in [0.15, 0.2) is 0 Å². The standard InChI is InChI=1S/C13H15N3/c14-9-11-4-3-5-12(8-11)10-16-7-2-1-6-13(16)15/h3-5,8,15H,1-2,6-7,10H2. The SMILES string of the molecule is N#Cc1cccc(CN2CCCCC2=N)c1. The van der Waals surface area contributed by atoms with Crippen molar-refractivity contribution in [2.45, 2.75) is 25.8 Å². The zero-order valence-corrected chi connectivity index (χ0v) is 9.24. The van der Waals surface area contributed by atoms with E-state index in [0.717, 1.165) is 37.3 Å². The van der Waals surface area contributed by atoms with Crippen LogP contribution in [0.1, 0.15) is 30.4 Å². The minimum Gasteiger partial charge on any atom is -0.356 e. The van der Waals surface area contributed by atoms with E-state index in [9.17, 15) is 0 Å². The third-order valence-corrected chi connectivity index (χ3v) is 2.90. The Balaban J connectivity index is 2.08. The molecule has 0 atom stereocenters. The molecule has 3 heteroatoms. The number of amidine groups is 1. The number of likely N-dealkylation sites (tertiary alicyclic amines) is 1. The first-order valence-electron chi connectivity index (χ1n) is 5.61. The van der Waals surface area contributed by atoms with Gasteiger partial charge in [-0.05, 0) is 30.5 Å². The highest BCUT2D eigenvalue weighted by Gasteiger charge is 2.14. The largest absolute Gasteiger partial charge is 0.356 e. The average molecular weight is 213 g/mol. The monoisotopic (exact) mass is 213 g/mol.